The lowest BCUT2D eigenvalue weighted by atomic mass is 9.87. The Morgan fingerprint density at radius 1 is 1.46 bits per heavy atom. The number of hydrogen-bond acceptors (Lipinski definition) is 4. The van der Waals surface area contributed by atoms with Gasteiger partial charge < -0.3 is 10.1 Å². The van der Waals surface area contributed by atoms with E-state index >= 15 is 0 Å². The third kappa shape index (κ3) is 1.41. The van der Waals surface area contributed by atoms with Crippen LogP contribution < -0.4 is 5.32 Å². The molecule has 3 rings (SSSR count). The Labute approximate surface area is 82.3 Å². The molecular formula is C9H14N2OS. The first kappa shape index (κ1) is 8.26. The minimum Gasteiger partial charge on any atom is -0.375 e. The molecule has 4 unspecified atom stereocenters. The summed E-state index contributed by atoms with van der Waals surface area (Å²) in [6, 6.07) is 1.12. The lowest BCUT2D eigenvalue weighted by Crippen LogP contribution is -2.54. The summed E-state index contributed by atoms with van der Waals surface area (Å²) in [5, 5.41) is 4.22. The summed E-state index contributed by atoms with van der Waals surface area (Å²) in [5.41, 5.74) is 2.02. The third-order valence-electron chi connectivity index (χ3n) is 3.17. The van der Waals surface area contributed by atoms with Gasteiger partial charge in [0.15, 0.2) is 0 Å². The first-order chi connectivity index (χ1) is 6.43. The number of aliphatic imine (C=N–C) groups is 1. The fourth-order valence-electron chi connectivity index (χ4n) is 2.46. The highest BCUT2D eigenvalue weighted by Crippen LogP contribution is 2.36. The fraction of sp³-hybridized carbons (Fsp3) is 0.889. The van der Waals surface area contributed by atoms with E-state index in [1.807, 2.05) is 17.3 Å². The molecule has 3 nitrogen and oxygen atoms in total. The summed E-state index contributed by atoms with van der Waals surface area (Å²) < 4.78 is 5.76. The van der Waals surface area contributed by atoms with Gasteiger partial charge in [0.25, 0.3) is 0 Å². The van der Waals surface area contributed by atoms with E-state index < -0.39 is 0 Å². The van der Waals surface area contributed by atoms with Crippen molar-refractivity contribution in [1.29, 1.82) is 0 Å². The molecule has 13 heavy (non-hydrogen) atoms. The van der Waals surface area contributed by atoms with Crippen molar-refractivity contribution in [1.82, 2.24) is 5.32 Å². The topological polar surface area (TPSA) is 33.6 Å². The monoisotopic (exact) mass is 198 g/mol. The third-order valence-corrected chi connectivity index (χ3v) is 4.27. The van der Waals surface area contributed by atoms with Crippen LogP contribution in [0, 0.1) is 0 Å². The molecule has 4 atom stereocenters. The van der Waals surface area contributed by atoms with Crippen LogP contribution in [0.5, 0.6) is 0 Å². The van der Waals surface area contributed by atoms with Gasteiger partial charge in [-0.25, -0.2) is 0 Å². The van der Waals surface area contributed by atoms with Gasteiger partial charge >= 0.3 is 0 Å². The molecule has 72 valence electrons. The number of nitrogens with one attached hydrogen (secondary N) is 1. The molecule has 2 heterocycles. The highest BCUT2D eigenvalue weighted by atomic mass is 32.2. The van der Waals surface area contributed by atoms with Crippen LogP contribution in [-0.4, -0.2) is 42.1 Å². The van der Waals surface area contributed by atoms with Crippen molar-refractivity contribution >= 4 is 17.3 Å². The van der Waals surface area contributed by atoms with E-state index in [0.29, 0.717) is 23.4 Å². The van der Waals surface area contributed by atoms with Gasteiger partial charge in [0.1, 0.15) is 0 Å². The van der Waals surface area contributed by atoms with Gasteiger partial charge in [0, 0.05) is 17.8 Å². The van der Waals surface area contributed by atoms with Gasteiger partial charge in [-0.05, 0) is 12.8 Å². The molecule has 0 aromatic heterocycles. The second kappa shape index (κ2) is 3.26. The minimum absolute atomic E-state index is 0.448. The minimum atomic E-state index is 0.448. The van der Waals surface area contributed by atoms with Crippen LogP contribution in [0.25, 0.3) is 0 Å². The van der Waals surface area contributed by atoms with Crippen LogP contribution in [0.1, 0.15) is 12.8 Å². The number of thioether (sulfide) groups is 1. The maximum absolute atomic E-state index is 5.76. The smallest absolute Gasteiger partial charge is 0.0740 e. The Balaban J connectivity index is 1.73. The predicted molar refractivity (Wildman–Crippen MR) is 54.4 cm³/mol. The van der Waals surface area contributed by atoms with Crippen molar-refractivity contribution in [2.24, 2.45) is 4.99 Å². The molecule has 0 aromatic rings. The van der Waals surface area contributed by atoms with Crippen molar-refractivity contribution in [2.45, 2.75) is 36.3 Å². The zero-order valence-electron chi connectivity index (χ0n) is 7.48. The largest absolute Gasteiger partial charge is 0.375 e. The molecule has 1 saturated carbocycles. The highest BCUT2D eigenvalue weighted by molar-refractivity contribution is 8.12. The Morgan fingerprint density at radius 3 is 3.46 bits per heavy atom. The van der Waals surface area contributed by atoms with E-state index in [-0.39, 0.29) is 0 Å². The molecule has 0 spiro atoms. The van der Waals surface area contributed by atoms with Gasteiger partial charge in [-0.15, -0.1) is 11.8 Å². The number of hydrogen-bond donors (Lipinski definition) is 1. The van der Waals surface area contributed by atoms with Crippen LogP contribution in [0.2, 0.25) is 0 Å². The maximum Gasteiger partial charge on any atom is 0.0740 e. The predicted octanol–water partition coefficient (Wildman–Crippen LogP) is 0.649. The Bertz CT molecular complexity index is 234. The summed E-state index contributed by atoms with van der Waals surface area (Å²) in [5.74, 6) is 0. The molecule has 1 saturated heterocycles. The molecule has 2 aliphatic heterocycles. The Morgan fingerprint density at radius 2 is 2.46 bits per heavy atom. The SMILES string of the molecule is C1=NC2CC3NCCOC3CC2S1. The van der Waals surface area contributed by atoms with Crippen molar-refractivity contribution in [3.8, 4) is 0 Å². The van der Waals surface area contributed by atoms with Crippen LogP contribution >= 0.6 is 11.8 Å². The van der Waals surface area contributed by atoms with Crippen molar-refractivity contribution < 1.29 is 4.74 Å². The molecule has 0 bridgehead atoms. The van der Waals surface area contributed by atoms with Crippen LogP contribution in [0.4, 0.5) is 0 Å². The van der Waals surface area contributed by atoms with Crippen LogP contribution in [0.3, 0.4) is 0 Å². The van der Waals surface area contributed by atoms with E-state index in [0.717, 1.165) is 13.2 Å². The lowest BCUT2D eigenvalue weighted by Gasteiger charge is -2.40. The first-order valence-corrected chi connectivity index (χ1v) is 5.90. The average Bonchev–Trinajstić information content (AvgIpc) is 2.61. The zero-order valence-corrected chi connectivity index (χ0v) is 8.30. The van der Waals surface area contributed by atoms with Crippen LogP contribution in [0.15, 0.2) is 4.99 Å². The van der Waals surface area contributed by atoms with E-state index in [9.17, 15) is 0 Å². The molecule has 4 heteroatoms. The van der Waals surface area contributed by atoms with Crippen molar-refractivity contribution in [3.63, 3.8) is 0 Å². The second-order valence-electron chi connectivity index (χ2n) is 3.94. The lowest BCUT2D eigenvalue weighted by molar-refractivity contribution is -0.0245. The molecule has 1 aliphatic carbocycles. The van der Waals surface area contributed by atoms with E-state index in [1.165, 1.54) is 12.8 Å². The molecule has 0 radical (unpaired) electrons. The molecule has 3 aliphatic rings. The Kier molecular flexibility index (Phi) is 2.07. The first-order valence-electron chi connectivity index (χ1n) is 4.95. The van der Waals surface area contributed by atoms with Gasteiger partial charge in [-0.2, -0.15) is 0 Å². The second-order valence-corrected chi connectivity index (χ2v) is 5.03. The number of ether oxygens (including phenoxy) is 1. The quantitative estimate of drug-likeness (QED) is 0.620. The molecule has 1 N–H and O–H groups in total. The maximum atomic E-state index is 5.76. The average molecular weight is 198 g/mol. The van der Waals surface area contributed by atoms with Gasteiger partial charge in [0.2, 0.25) is 0 Å². The summed E-state index contributed by atoms with van der Waals surface area (Å²) in [7, 11) is 0. The summed E-state index contributed by atoms with van der Waals surface area (Å²) in [6.45, 7) is 1.89. The van der Waals surface area contributed by atoms with Crippen LogP contribution in [-0.2, 0) is 4.74 Å². The molecule has 0 aromatic carbocycles. The van der Waals surface area contributed by atoms with E-state index in [2.05, 4.69) is 10.3 Å². The molecule has 0 amide bonds. The summed E-state index contributed by atoms with van der Waals surface area (Å²) >= 11 is 1.88. The van der Waals surface area contributed by atoms with Gasteiger partial charge in [-0.3, -0.25) is 4.99 Å². The van der Waals surface area contributed by atoms with E-state index in [4.69, 9.17) is 4.74 Å². The number of morpholine rings is 1. The molecular weight excluding hydrogens is 184 g/mol. The Hall–Kier alpha value is -0.0600. The highest BCUT2D eigenvalue weighted by Gasteiger charge is 2.40. The van der Waals surface area contributed by atoms with Gasteiger partial charge in [-0.1, -0.05) is 0 Å². The summed E-state index contributed by atoms with van der Waals surface area (Å²) in [4.78, 5) is 4.49. The van der Waals surface area contributed by atoms with E-state index in [1.54, 1.807) is 0 Å². The summed E-state index contributed by atoms with van der Waals surface area (Å²) in [6.07, 6.45) is 2.79. The number of nitrogens with zero attached hydrogens (tertiary/aromatic N) is 1. The molecule has 2 fully saturated rings. The van der Waals surface area contributed by atoms with Crippen molar-refractivity contribution in [2.75, 3.05) is 13.2 Å². The normalized spacial score (nSPS) is 48.6. The standard InChI is InChI=1S/C9H14N2OS/c1-2-12-8-4-9-7(11-5-13-9)3-6(8)10-1/h5-10H,1-4H2. The fourth-order valence-corrected chi connectivity index (χ4v) is 3.51. The van der Waals surface area contributed by atoms with Gasteiger partial charge in [0.05, 0.1) is 24.3 Å². The van der Waals surface area contributed by atoms with Crippen molar-refractivity contribution in [3.05, 3.63) is 0 Å². The zero-order chi connectivity index (χ0) is 8.67. The number of rotatable bonds is 0. The number of fused-ring (bicyclic) bond motifs is 2.